The molecule has 0 N–H and O–H groups in total. The maximum atomic E-state index is 12.7. The molecule has 7 heteroatoms. The topological polar surface area (TPSA) is 35.0 Å². The Kier molecular flexibility index (Phi) is 3.58. The van der Waals surface area contributed by atoms with Crippen LogP contribution in [0.4, 0.5) is 4.39 Å². The predicted molar refractivity (Wildman–Crippen MR) is 60.7 cm³/mol. The van der Waals surface area contributed by atoms with Crippen LogP contribution in [0.1, 0.15) is 5.01 Å². The van der Waals surface area contributed by atoms with Crippen LogP contribution in [0.25, 0.3) is 0 Å². The summed E-state index contributed by atoms with van der Waals surface area (Å²) in [6.07, 6.45) is 0. The highest BCUT2D eigenvalue weighted by Gasteiger charge is 2.06. The van der Waals surface area contributed by atoms with E-state index in [0.29, 0.717) is 15.2 Å². The summed E-state index contributed by atoms with van der Waals surface area (Å²) in [5.74, 6) is -0.00861. The van der Waals surface area contributed by atoms with Gasteiger partial charge in [0.2, 0.25) is 4.47 Å². The van der Waals surface area contributed by atoms with Gasteiger partial charge in [0, 0.05) is 0 Å². The van der Waals surface area contributed by atoms with Crippen LogP contribution in [0.3, 0.4) is 0 Å². The lowest BCUT2D eigenvalue weighted by molar-refractivity contribution is 0.304. The predicted octanol–water partition coefficient (Wildman–Crippen LogP) is 3.56. The van der Waals surface area contributed by atoms with Gasteiger partial charge in [0.25, 0.3) is 0 Å². The zero-order valence-electron chi connectivity index (χ0n) is 7.78. The highest BCUT2D eigenvalue weighted by Crippen LogP contribution is 2.26. The molecular formula is C9H5Cl2FN2OS. The fraction of sp³-hybridized carbons (Fsp3) is 0.111. The second kappa shape index (κ2) is 4.95. The highest BCUT2D eigenvalue weighted by molar-refractivity contribution is 7.15. The fourth-order valence-corrected chi connectivity index (χ4v) is 2.03. The Labute approximate surface area is 105 Å². The third-order valence-corrected chi connectivity index (χ3v) is 2.97. The SMILES string of the molecule is Fc1ccc(OCc2nnc(Cl)s2)c(Cl)c1. The molecule has 0 aliphatic carbocycles. The lowest BCUT2D eigenvalue weighted by atomic mass is 10.3. The summed E-state index contributed by atoms with van der Waals surface area (Å²) in [7, 11) is 0. The number of rotatable bonds is 3. The van der Waals surface area contributed by atoms with Gasteiger partial charge in [-0.15, -0.1) is 10.2 Å². The minimum Gasteiger partial charge on any atom is -0.485 e. The van der Waals surface area contributed by atoms with Crippen molar-refractivity contribution in [3.8, 4) is 5.75 Å². The summed E-state index contributed by atoms with van der Waals surface area (Å²) < 4.78 is 18.4. The summed E-state index contributed by atoms with van der Waals surface area (Å²) in [4.78, 5) is 0. The second-order valence-electron chi connectivity index (χ2n) is 2.81. The van der Waals surface area contributed by atoms with E-state index in [4.69, 9.17) is 27.9 Å². The van der Waals surface area contributed by atoms with Gasteiger partial charge in [-0.2, -0.15) is 0 Å². The van der Waals surface area contributed by atoms with Gasteiger partial charge in [0.05, 0.1) is 5.02 Å². The number of ether oxygens (including phenoxy) is 1. The van der Waals surface area contributed by atoms with Crippen molar-refractivity contribution >= 4 is 34.5 Å². The third kappa shape index (κ3) is 2.81. The van der Waals surface area contributed by atoms with Gasteiger partial charge in [-0.25, -0.2) is 4.39 Å². The first-order chi connectivity index (χ1) is 7.65. The lowest BCUT2D eigenvalue weighted by Crippen LogP contribution is -1.95. The van der Waals surface area contributed by atoms with E-state index in [9.17, 15) is 4.39 Å². The zero-order valence-corrected chi connectivity index (χ0v) is 10.1. The molecule has 0 radical (unpaired) electrons. The quantitative estimate of drug-likeness (QED) is 0.861. The molecule has 2 rings (SSSR count). The van der Waals surface area contributed by atoms with E-state index in [1.807, 2.05) is 0 Å². The van der Waals surface area contributed by atoms with E-state index in [-0.39, 0.29) is 11.6 Å². The van der Waals surface area contributed by atoms with Crippen molar-refractivity contribution in [3.05, 3.63) is 38.5 Å². The Bertz CT molecular complexity index is 506. The smallest absolute Gasteiger partial charge is 0.207 e. The van der Waals surface area contributed by atoms with Crippen LogP contribution in [0.15, 0.2) is 18.2 Å². The first kappa shape index (κ1) is 11.6. The van der Waals surface area contributed by atoms with E-state index in [0.717, 1.165) is 0 Å². The maximum Gasteiger partial charge on any atom is 0.207 e. The molecular weight excluding hydrogens is 274 g/mol. The van der Waals surface area contributed by atoms with E-state index in [1.54, 1.807) is 0 Å². The van der Waals surface area contributed by atoms with Gasteiger partial charge in [-0.05, 0) is 29.8 Å². The molecule has 1 heterocycles. The van der Waals surface area contributed by atoms with Crippen molar-refractivity contribution in [1.82, 2.24) is 10.2 Å². The van der Waals surface area contributed by atoms with Crippen LogP contribution >= 0.6 is 34.5 Å². The normalized spacial score (nSPS) is 10.4. The van der Waals surface area contributed by atoms with Crippen molar-refractivity contribution in [2.75, 3.05) is 0 Å². The Morgan fingerprint density at radius 3 is 2.75 bits per heavy atom. The molecule has 3 nitrogen and oxygen atoms in total. The molecule has 1 aromatic heterocycles. The van der Waals surface area contributed by atoms with Crippen LogP contribution in [-0.4, -0.2) is 10.2 Å². The minimum absolute atomic E-state index is 0.204. The number of aromatic nitrogens is 2. The van der Waals surface area contributed by atoms with E-state index in [2.05, 4.69) is 10.2 Å². The highest BCUT2D eigenvalue weighted by atomic mass is 35.5. The molecule has 0 aliphatic rings. The molecule has 16 heavy (non-hydrogen) atoms. The Morgan fingerprint density at radius 2 is 2.12 bits per heavy atom. The van der Waals surface area contributed by atoms with Crippen LogP contribution in [0.5, 0.6) is 5.75 Å². The van der Waals surface area contributed by atoms with E-state index in [1.165, 1.54) is 29.5 Å². The number of hydrogen-bond acceptors (Lipinski definition) is 4. The van der Waals surface area contributed by atoms with Crippen molar-refractivity contribution in [2.24, 2.45) is 0 Å². The van der Waals surface area contributed by atoms with Crippen LogP contribution in [-0.2, 0) is 6.61 Å². The van der Waals surface area contributed by atoms with E-state index < -0.39 is 5.82 Å². The molecule has 0 amide bonds. The molecule has 0 saturated carbocycles. The summed E-state index contributed by atoms with van der Waals surface area (Å²) in [5, 5.41) is 8.25. The number of benzene rings is 1. The van der Waals surface area contributed by atoms with Gasteiger partial charge >= 0.3 is 0 Å². The monoisotopic (exact) mass is 278 g/mol. The average molecular weight is 279 g/mol. The first-order valence-corrected chi connectivity index (χ1v) is 5.78. The molecule has 0 saturated heterocycles. The van der Waals surface area contributed by atoms with E-state index >= 15 is 0 Å². The van der Waals surface area contributed by atoms with Gasteiger partial charge < -0.3 is 4.74 Å². The van der Waals surface area contributed by atoms with Crippen LogP contribution < -0.4 is 4.74 Å². The molecule has 2 aromatic rings. The molecule has 0 aliphatic heterocycles. The summed E-state index contributed by atoms with van der Waals surface area (Å²) in [6, 6.07) is 3.92. The number of halogens is 3. The summed E-state index contributed by atoms with van der Waals surface area (Å²) >= 11 is 12.6. The third-order valence-electron chi connectivity index (χ3n) is 1.69. The Hall–Kier alpha value is -0.910. The number of nitrogens with zero attached hydrogens (tertiary/aromatic N) is 2. The number of hydrogen-bond donors (Lipinski definition) is 0. The van der Waals surface area contributed by atoms with Crippen LogP contribution in [0, 0.1) is 5.82 Å². The van der Waals surface area contributed by atoms with Crippen molar-refractivity contribution in [3.63, 3.8) is 0 Å². The molecule has 0 atom stereocenters. The summed E-state index contributed by atoms with van der Waals surface area (Å²) in [5.41, 5.74) is 0. The summed E-state index contributed by atoms with van der Waals surface area (Å²) in [6.45, 7) is 0.204. The molecule has 0 unspecified atom stereocenters. The van der Waals surface area contributed by atoms with Gasteiger partial charge in [-0.3, -0.25) is 0 Å². The molecule has 0 bridgehead atoms. The Balaban J connectivity index is 2.04. The molecule has 84 valence electrons. The second-order valence-corrected chi connectivity index (χ2v) is 4.86. The minimum atomic E-state index is -0.406. The lowest BCUT2D eigenvalue weighted by Gasteiger charge is -2.05. The van der Waals surface area contributed by atoms with Crippen molar-refractivity contribution in [1.29, 1.82) is 0 Å². The molecule has 0 fully saturated rings. The van der Waals surface area contributed by atoms with Crippen molar-refractivity contribution < 1.29 is 9.13 Å². The Morgan fingerprint density at radius 1 is 1.31 bits per heavy atom. The first-order valence-electron chi connectivity index (χ1n) is 4.21. The molecule has 0 spiro atoms. The fourth-order valence-electron chi connectivity index (χ4n) is 1.02. The van der Waals surface area contributed by atoms with Gasteiger partial charge in [-0.1, -0.05) is 22.9 Å². The zero-order chi connectivity index (χ0) is 11.5. The van der Waals surface area contributed by atoms with Gasteiger partial charge in [0.15, 0.2) is 5.01 Å². The van der Waals surface area contributed by atoms with Crippen molar-refractivity contribution in [2.45, 2.75) is 6.61 Å². The molecule has 1 aromatic carbocycles. The largest absolute Gasteiger partial charge is 0.485 e. The standard InChI is InChI=1S/C9H5Cl2FN2OS/c10-6-3-5(12)1-2-7(6)15-4-8-13-14-9(11)16-8/h1-3H,4H2. The van der Waals surface area contributed by atoms with Crippen LogP contribution in [0.2, 0.25) is 9.49 Å². The maximum absolute atomic E-state index is 12.7. The average Bonchev–Trinajstić information content (AvgIpc) is 2.63. The van der Waals surface area contributed by atoms with Gasteiger partial charge in [0.1, 0.15) is 18.2 Å².